The van der Waals surface area contributed by atoms with Gasteiger partial charge in [0.2, 0.25) is 0 Å². The third-order valence-corrected chi connectivity index (χ3v) is 3.21. The summed E-state index contributed by atoms with van der Waals surface area (Å²) in [4.78, 5) is 4.32. The van der Waals surface area contributed by atoms with Gasteiger partial charge in [-0.2, -0.15) is 0 Å². The summed E-state index contributed by atoms with van der Waals surface area (Å²) in [5, 5.41) is 11.4. The summed E-state index contributed by atoms with van der Waals surface area (Å²) in [7, 11) is 0. The standard InChI is InChI=1S/C16H21NO/c1-16(2,3)10-9-15(18)13-6-4-8-14-12(13)7-5-11-17-14/h4-8,11,15,18H,9-10H2,1-3H3. The molecule has 18 heavy (non-hydrogen) atoms. The molecule has 96 valence electrons. The first-order valence-electron chi connectivity index (χ1n) is 6.49. The maximum absolute atomic E-state index is 10.4. The van der Waals surface area contributed by atoms with Crippen molar-refractivity contribution in [3.63, 3.8) is 0 Å². The zero-order valence-electron chi connectivity index (χ0n) is 11.4. The highest BCUT2D eigenvalue weighted by atomic mass is 16.3. The number of hydrogen-bond acceptors (Lipinski definition) is 2. The Morgan fingerprint density at radius 1 is 1.17 bits per heavy atom. The molecule has 2 nitrogen and oxygen atoms in total. The number of pyridine rings is 1. The van der Waals surface area contributed by atoms with E-state index in [1.54, 1.807) is 6.20 Å². The number of aliphatic hydroxyl groups is 1. The second kappa shape index (κ2) is 5.07. The lowest BCUT2D eigenvalue weighted by molar-refractivity contribution is 0.149. The third kappa shape index (κ3) is 3.08. The molecular weight excluding hydrogens is 222 g/mol. The van der Waals surface area contributed by atoms with Crippen LogP contribution in [0.3, 0.4) is 0 Å². The second-order valence-corrected chi connectivity index (χ2v) is 6.03. The minimum Gasteiger partial charge on any atom is -0.388 e. The van der Waals surface area contributed by atoms with E-state index in [1.165, 1.54) is 0 Å². The van der Waals surface area contributed by atoms with Crippen LogP contribution in [-0.2, 0) is 0 Å². The van der Waals surface area contributed by atoms with Crippen LogP contribution in [0.25, 0.3) is 10.9 Å². The summed E-state index contributed by atoms with van der Waals surface area (Å²) < 4.78 is 0. The predicted molar refractivity (Wildman–Crippen MR) is 75.4 cm³/mol. The Morgan fingerprint density at radius 2 is 1.94 bits per heavy atom. The van der Waals surface area contributed by atoms with Gasteiger partial charge in [0.25, 0.3) is 0 Å². The van der Waals surface area contributed by atoms with Crippen LogP contribution in [0.1, 0.15) is 45.3 Å². The van der Waals surface area contributed by atoms with E-state index in [-0.39, 0.29) is 5.41 Å². The van der Waals surface area contributed by atoms with E-state index in [0.717, 1.165) is 29.3 Å². The lowest BCUT2D eigenvalue weighted by atomic mass is 9.87. The zero-order chi connectivity index (χ0) is 13.2. The Kier molecular flexibility index (Phi) is 3.67. The first-order valence-corrected chi connectivity index (χ1v) is 6.49. The van der Waals surface area contributed by atoms with Gasteiger partial charge in [-0.1, -0.05) is 39.0 Å². The highest BCUT2D eigenvalue weighted by molar-refractivity contribution is 5.82. The fourth-order valence-electron chi connectivity index (χ4n) is 2.14. The average Bonchev–Trinajstić information content (AvgIpc) is 2.34. The van der Waals surface area contributed by atoms with Crippen molar-refractivity contribution in [2.24, 2.45) is 5.41 Å². The van der Waals surface area contributed by atoms with Crippen LogP contribution >= 0.6 is 0 Å². The van der Waals surface area contributed by atoms with Crippen LogP contribution in [0, 0.1) is 5.41 Å². The molecule has 2 heteroatoms. The zero-order valence-corrected chi connectivity index (χ0v) is 11.4. The van der Waals surface area contributed by atoms with Gasteiger partial charge in [-0.25, -0.2) is 0 Å². The Labute approximate surface area is 109 Å². The Morgan fingerprint density at radius 3 is 2.67 bits per heavy atom. The summed E-state index contributed by atoms with van der Waals surface area (Å²) in [6.07, 6.45) is 3.17. The molecule has 0 bridgehead atoms. The molecule has 0 saturated carbocycles. The third-order valence-electron chi connectivity index (χ3n) is 3.21. The Hall–Kier alpha value is -1.41. The SMILES string of the molecule is CC(C)(C)CCC(O)c1cccc2ncccc12. The van der Waals surface area contributed by atoms with Crippen molar-refractivity contribution in [3.05, 3.63) is 42.1 Å². The Balaban J connectivity index is 2.25. The minimum absolute atomic E-state index is 0.254. The Bertz CT molecular complexity index is 523. The van der Waals surface area contributed by atoms with Crippen LogP contribution in [0.4, 0.5) is 0 Å². The fraction of sp³-hybridized carbons (Fsp3) is 0.438. The van der Waals surface area contributed by atoms with E-state index in [0.29, 0.717) is 0 Å². The summed E-state index contributed by atoms with van der Waals surface area (Å²) in [6, 6.07) is 9.89. The van der Waals surface area contributed by atoms with Crippen molar-refractivity contribution < 1.29 is 5.11 Å². The first-order chi connectivity index (χ1) is 8.47. The quantitative estimate of drug-likeness (QED) is 0.880. The van der Waals surface area contributed by atoms with E-state index >= 15 is 0 Å². The summed E-state index contributed by atoms with van der Waals surface area (Å²) in [5.74, 6) is 0. The summed E-state index contributed by atoms with van der Waals surface area (Å²) in [5.41, 5.74) is 2.19. The average molecular weight is 243 g/mol. The van der Waals surface area contributed by atoms with Gasteiger partial charge in [0.15, 0.2) is 0 Å². The fourth-order valence-corrected chi connectivity index (χ4v) is 2.14. The molecule has 1 N–H and O–H groups in total. The van der Waals surface area contributed by atoms with Crippen LogP contribution in [0.2, 0.25) is 0 Å². The molecule has 0 aliphatic carbocycles. The number of fused-ring (bicyclic) bond motifs is 1. The molecular formula is C16H21NO. The first kappa shape index (κ1) is 13.0. The number of benzene rings is 1. The van der Waals surface area contributed by atoms with Crippen molar-refractivity contribution in [1.82, 2.24) is 4.98 Å². The van der Waals surface area contributed by atoms with Crippen molar-refractivity contribution in [1.29, 1.82) is 0 Å². The highest BCUT2D eigenvalue weighted by Crippen LogP contribution is 2.30. The van der Waals surface area contributed by atoms with Gasteiger partial charge >= 0.3 is 0 Å². The second-order valence-electron chi connectivity index (χ2n) is 6.03. The van der Waals surface area contributed by atoms with Crippen molar-refractivity contribution in [3.8, 4) is 0 Å². The molecule has 0 fully saturated rings. The van der Waals surface area contributed by atoms with Gasteiger partial charge in [-0.05, 0) is 36.0 Å². The van der Waals surface area contributed by atoms with Crippen molar-refractivity contribution >= 4 is 10.9 Å². The predicted octanol–water partition coefficient (Wildman–Crippen LogP) is 4.09. The van der Waals surface area contributed by atoms with Gasteiger partial charge in [-0.3, -0.25) is 4.98 Å². The van der Waals surface area contributed by atoms with Gasteiger partial charge in [0.1, 0.15) is 0 Å². The topological polar surface area (TPSA) is 33.1 Å². The largest absolute Gasteiger partial charge is 0.388 e. The summed E-state index contributed by atoms with van der Waals surface area (Å²) in [6.45, 7) is 6.60. The van der Waals surface area contributed by atoms with Gasteiger partial charge < -0.3 is 5.11 Å². The van der Waals surface area contributed by atoms with Crippen LogP contribution in [-0.4, -0.2) is 10.1 Å². The number of rotatable bonds is 3. The molecule has 1 aromatic heterocycles. The van der Waals surface area contributed by atoms with Gasteiger partial charge in [0, 0.05) is 11.6 Å². The normalized spacial score (nSPS) is 13.8. The maximum atomic E-state index is 10.4. The molecule has 0 aliphatic heterocycles. The monoisotopic (exact) mass is 243 g/mol. The van der Waals surface area contributed by atoms with Crippen LogP contribution in [0.5, 0.6) is 0 Å². The van der Waals surface area contributed by atoms with Crippen LogP contribution in [0.15, 0.2) is 36.5 Å². The van der Waals surface area contributed by atoms with Crippen LogP contribution < -0.4 is 0 Å². The van der Waals surface area contributed by atoms with E-state index in [2.05, 4.69) is 25.8 Å². The highest BCUT2D eigenvalue weighted by Gasteiger charge is 2.16. The van der Waals surface area contributed by atoms with E-state index in [4.69, 9.17) is 0 Å². The van der Waals surface area contributed by atoms with Gasteiger partial charge in [0.05, 0.1) is 11.6 Å². The molecule has 0 spiro atoms. The number of nitrogens with zero attached hydrogens (tertiary/aromatic N) is 1. The van der Waals surface area contributed by atoms with E-state index < -0.39 is 6.10 Å². The molecule has 0 saturated heterocycles. The summed E-state index contributed by atoms with van der Waals surface area (Å²) >= 11 is 0. The van der Waals surface area contributed by atoms with Gasteiger partial charge in [-0.15, -0.1) is 0 Å². The number of aromatic nitrogens is 1. The smallest absolute Gasteiger partial charge is 0.0796 e. The number of aliphatic hydroxyl groups excluding tert-OH is 1. The lowest BCUT2D eigenvalue weighted by Crippen LogP contribution is -2.08. The lowest BCUT2D eigenvalue weighted by Gasteiger charge is -2.21. The molecule has 1 heterocycles. The maximum Gasteiger partial charge on any atom is 0.0796 e. The van der Waals surface area contributed by atoms with E-state index in [1.807, 2.05) is 30.3 Å². The molecule has 0 radical (unpaired) electrons. The molecule has 0 amide bonds. The molecule has 1 unspecified atom stereocenters. The molecule has 1 aromatic carbocycles. The molecule has 2 aromatic rings. The minimum atomic E-state index is -0.405. The van der Waals surface area contributed by atoms with Crippen molar-refractivity contribution in [2.45, 2.75) is 39.7 Å². The molecule has 2 rings (SSSR count). The molecule has 0 aliphatic rings. The van der Waals surface area contributed by atoms with E-state index in [9.17, 15) is 5.11 Å². The number of hydrogen-bond donors (Lipinski definition) is 1. The van der Waals surface area contributed by atoms with Crippen molar-refractivity contribution in [2.75, 3.05) is 0 Å². The molecule has 1 atom stereocenters.